The number of anilines is 2. The summed E-state index contributed by atoms with van der Waals surface area (Å²) < 4.78 is 0. The minimum Gasteiger partial charge on any atom is -0.370 e. The molecule has 1 aromatic rings. The molecule has 0 aliphatic heterocycles. The molecule has 0 saturated heterocycles. The van der Waals surface area contributed by atoms with E-state index < -0.39 is 0 Å². The van der Waals surface area contributed by atoms with Crippen LogP contribution in [0.4, 0.5) is 11.6 Å². The van der Waals surface area contributed by atoms with Crippen molar-refractivity contribution in [3.05, 3.63) is 11.9 Å². The van der Waals surface area contributed by atoms with Gasteiger partial charge < -0.3 is 10.7 Å². The Morgan fingerprint density at radius 1 is 1.35 bits per heavy atom. The van der Waals surface area contributed by atoms with Gasteiger partial charge in [0.05, 0.1) is 0 Å². The molecule has 1 aromatic heterocycles. The lowest BCUT2D eigenvalue weighted by Crippen LogP contribution is -2.15. The molecule has 2 unspecified atom stereocenters. The fraction of sp³-hybridized carbons (Fsp3) is 0.667. The quantitative estimate of drug-likeness (QED) is 0.549. The number of aryl methyl sites for hydroxylation is 1. The summed E-state index contributed by atoms with van der Waals surface area (Å²) >= 11 is 0. The summed E-state index contributed by atoms with van der Waals surface area (Å²) in [6.07, 6.45) is 3.99. The number of hydrogen-bond acceptors (Lipinski definition) is 5. The van der Waals surface area contributed by atoms with Crippen LogP contribution >= 0.6 is 0 Å². The Hall–Kier alpha value is -1.36. The summed E-state index contributed by atoms with van der Waals surface area (Å²) in [4.78, 5) is 8.50. The van der Waals surface area contributed by atoms with Gasteiger partial charge in [0, 0.05) is 12.6 Å². The van der Waals surface area contributed by atoms with Crippen LogP contribution < -0.4 is 16.6 Å². The number of nitrogen functional groups attached to an aromatic ring is 1. The molecule has 94 valence electrons. The van der Waals surface area contributed by atoms with Crippen LogP contribution in [0.15, 0.2) is 6.07 Å². The van der Waals surface area contributed by atoms with Crippen molar-refractivity contribution in [2.24, 2.45) is 17.7 Å². The van der Waals surface area contributed by atoms with Gasteiger partial charge in [-0.3, -0.25) is 0 Å². The SMILES string of the molecule is Cc1nc(NN)cc(NCC2CCC(C)C2)n1. The van der Waals surface area contributed by atoms with Gasteiger partial charge >= 0.3 is 0 Å². The predicted molar refractivity (Wildman–Crippen MR) is 69.6 cm³/mol. The van der Waals surface area contributed by atoms with E-state index in [1.54, 1.807) is 0 Å². The van der Waals surface area contributed by atoms with Crippen molar-refractivity contribution in [1.82, 2.24) is 9.97 Å². The second-order valence-electron chi connectivity index (χ2n) is 5.00. The molecule has 17 heavy (non-hydrogen) atoms. The van der Waals surface area contributed by atoms with Crippen LogP contribution in [0.5, 0.6) is 0 Å². The van der Waals surface area contributed by atoms with Gasteiger partial charge in [0.25, 0.3) is 0 Å². The molecule has 5 nitrogen and oxygen atoms in total. The van der Waals surface area contributed by atoms with Gasteiger partial charge in [-0.15, -0.1) is 0 Å². The first-order chi connectivity index (χ1) is 8.17. The van der Waals surface area contributed by atoms with Crippen molar-refractivity contribution in [3.63, 3.8) is 0 Å². The topological polar surface area (TPSA) is 75.9 Å². The van der Waals surface area contributed by atoms with Crippen LogP contribution in [0, 0.1) is 18.8 Å². The number of hydrogen-bond donors (Lipinski definition) is 3. The lowest BCUT2D eigenvalue weighted by molar-refractivity contribution is 0.536. The summed E-state index contributed by atoms with van der Waals surface area (Å²) in [5.41, 5.74) is 2.55. The van der Waals surface area contributed by atoms with Crippen molar-refractivity contribution in [2.75, 3.05) is 17.3 Å². The summed E-state index contributed by atoms with van der Waals surface area (Å²) in [6.45, 7) is 5.18. The largest absolute Gasteiger partial charge is 0.370 e. The third kappa shape index (κ3) is 3.30. The highest BCUT2D eigenvalue weighted by atomic mass is 15.3. The zero-order valence-corrected chi connectivity index (χ0v) is 10.5. The van der Waals surface area contributed by atoms with E-state index >= 15 is 0 Å². The molecule has 0 bridgehead atoms. The van der Waals surface area contributed by atoms with Crippen molar-refractivity contribution in [2.45, 2.75) is 33.1 Å². The minimum absolute atomic E-state index is 0.653. The average molecular weight is 235 g/mol. The van der Waals surface area contributed by atoms with Gasteiger partial charge in [0.2, 0.25) is 0 Å². The molecular formula is C12H21N5. The second-order valence-corrected chi connectivity index (χ2v) is 5.00. The Morgan fingerprint density at radius 3 is 2.76 bits per heavy atom. The van der Waals surface area contributed by atoms with Crippen molar-refractivity contribution < 1.29 is 0 Å². The van der Waals surface area contributed by atoms with Crippen LogP contribution in [0.1, 0.15) is 32.0 Å². The van der Waals surface area contributed by atoms with Crippen molar-refractivity contribution >= 4 is 11.6 Å². The molecule has 0 spiro atoms. The fourth-order valence-electron chi connectivity index (χ4n) is 2.49. The first kappa shape index (κ1) is 12.1. The second kappa shape index (κ2) is 5.31. The molecule has 1 heterocycles. The zero-order valence-electron chi connectivity index (χ0n) is 10.5. The van der Waals surface area contributed by atoms with Crippen LogP contribution in [0.2, 0.25) is 0 Å². The van der Waals surface area contributed by atoms with E-state index in [9.17, 15) is 0 Å². The maximum atomic E-state index is 5.36. The van der Waals surface area contributed by atoms with E-state index in [1.807, 2.05) is 13.0 Å². The smallest absolute Gasteiger partial charge is 0.145 e. The highest BCUT2D eigenvalue weighted by Crippen LogP contribution is 2.30. The fourth-order valence-corrected chi connectivity index (χ4v) is 2.49. The van der Waals surface area contributed by atoms with E-state index in [0.717, 1.165) is 30.0 Å². The van der Waals surface area contributed by atoms with E-state index in [-0.39, 0.29) is 0 Å². The predicted octanol–water partition coefficient (Wildman–Crippen LogP) is 1.92. The molecule has 4 N–H and O–H groups in total. The Morgan fingerprint density at radius 2 is 2.12 bits per heavy atom. The van der Waals surface area contributed by atoms with E-state index in [2.05, 4.69) is 27.6 Å². The normalized spacial score (nSPS) is 23.7. The van der Waals surface area contributed by atoms with Gasteiger partial charge in [-0.05, 0) is 31.6 Å². The molecular weight excluding hydrogens is 214 g/mol. The molecule has 5 heteroatoms. The first-order valence-electron chi connectivity index (χ1n) is 6.23. The van der Waals surface area contributed by atoms with Gasteiger partial charge in [0.1, 0.15) is 17.5 Å². The standard InChI is InChI=1S/C12H21N5/c1-8-3-4-10(5-8)7-14-11-6-12(17-13)16-9(2)15-11/h6,8,10H,3-5,7,13H2,1-2H3,(H2,14,15,16,17). The lowest BCUT2D eigenvalue weighted by Gasteiger charge is -2.12. The van der Waals surface area contributed by atoms with E-state index in [0.29, 0.717) is 5.82 Å². The lowest BCUT2D eigenvalue weighted by atomic mass is 10.1. The zero-order chi connectivity index (χ0) is 12.3. The summed E-state index contributed by atoms with van der Waals surface area (Å²) in [5, 5.41) is 3.38. The van der Waals surface area contributed by atoms with Crippen molar-refractivity contribution in [3.8, 4) is 0 Å². The molecule has 0 aromatic carbocycles. The monoisotopic (exact) mass is 235 g/mol. The van der Waals surface area contributed by atoms with Crippen LogP contribution in [-0.4, -0.2) is 16.5 Å². The Labute approximate surface area is 102 Å². The number of nitrogens with two attached hydrogens (primary N) is 1. The average Bonchev–Trinajstić information content (AvgIpc) is 2.72. The highest BCUT2D eigenvalue weighted by molar-refractivity contribution is 5.46. The van der Waals surface area contributed by atoms with Gasteiger partial charge in [-0.25, -0.2) is 15.8 Å². The number of hydrazine groups is 1. The number of rotatable bonds is 4. The Bertz CT molecular complexity index is 379. The maximum absolute atomic E-state index is 5.36. The number of nitrogens with zero attached hydrogens (tertiary/aromatic N) is 2. The Balaban J connectivity index is 1.92. The molecule has 1 aliphatic rings. The molecule has 1 aliphatic carbocycles. The third-order valence-corrected chi connectivity index (χ3v) is 3.36. The van der Waals surface area contributed by atoms with Gasteiger partial charge in [0.15, 0.2) is 0 Å². The van der Waals surface area contributed by atoms with Crippen LogP contribution in [0.3, 0.4) is 0 Å². The summed E-state index contributed by atoms with van der Waals surface area (Å²) in [6, 6.07) is 1.84. The van der Waals surface area contributed by atoms with Crippen LogP contribution in [-0.2, 0) is 0 Å². The summed E-state index contributed by atoms with van der Waals surface area (Å²) in [5.74, 6) is 9.23. The van der Waals surface area contributed by atoms with Gasteiger partial charge in [-0.2, -0.15) is 0 Å². The maximum Gasteiger partial charge on any atom is 0.145 e. The molecule has 2 rings (SSSR count). The highest BCUT2D eigenvalue weighted by Gasteiger charge is 2.20. The van der Waals surface area contributed by atoms with Gasteiger partial charge in [-0.1, -0.05) is 13.3 Å². The van der Waals surface area contributed by atoms with Crippen LogP contribution in [0.25, 0.3) is 0 Å². The van der Waals surface area contributed by atoms with E-state index in [1.165, 1.54) is 19.3 Å². The first-order valence-corrected chi connectivity index (χ1v) is 6.23. The number of nitrogens with one attached hydrogen (secondary N) is 2. The third-order valence-electron chi connectivity index (χ3n) is 3.36. The Kier molecular flexibility index (Phi) is 3.78. The molecule has 2 atom stereocenters. The molecule has 1 fully saturated rings. The van der Waals surface area contributed by atoms with E-state index in [4.69, 9.17) is 5.84 Å². The van der Waals surface area contributed by atoms with Crippen molar-refractivity contribution in [1.29, 1.82) is 0 Å². The minimum atomic E-state index is 0.653. The molecule has 0 amide bonds. The molecule has 1 saturated carbocycles. The molecule has 0 radical (unpaired) electrons. The summed E-state index contributed by atoms with van der Waals surface area (Å²) in [7, 11) is 0. The number of aromatic nitrogens is 2.